The van der Waals surface area contributed by atoms with Gasteiger partial charge in [-0.3, -0.25) is 19.7 Å². The molecule has 1 atom stereocenters. The molecule has 0 aliphatic carbocycles. The molecule has 0 saturated carbocycles. The highest BCUT2D eigenvalue weighted by Crippen LogP contribution is 2.30. The zero-order chi connectivity index (χ0) is 23.5. The molecule has 172 valence electrons. The summed E-state index contributed by atoms with van der Waals surface area (Å²) in [6.07, 6.45) is 1.05. The van der Waals surface area contributed by atoms with Gasteiger partial charge in [0.15, 0.2) is 6.61 Å². The van der Waals surface area contributed by atoms with Gasteiger partial charge in [0.25, 0.3) is 5.91 Å². The molecule has 0 radical (unpaired) electrons. The second kappa shape index (κ2) is 12.3. The van der Waals surface area contributed by atoms with Gasteiger partial charge in [0.2, 0.25) is 11.7 Å². The molecule has 0 aliphatic rings. The largest absolute Gasteiger partial charge is 0.490 e. The van der Waals surface area contributed by atoms with E-state index in [1.807, 2.05) is 44.2 Å². The van der Waals surface area contributed by atoms with Gasteiger partial charge in [0.1, 0.15) is 11.8 Å². The average molecular weight is 444 g/mol. The van der Waals surface area contributed by atoms with Crippen LogP contribution in [0.25, 0.3) is 0 Å². The van der Waals surface area contributed by atoms with Gasteiger partial charge in [0.05, 0.1) is 12.0 Å². The maximum Gasteiger partial charge on any atom is 0.311 e. The molecule has 0 bridgehead atoms. The minimum absolute atomic E-state index is 0.0367. The number of likely N-dealkylation sites (N-methyl/N-ethyl adjacent to an activating group) is 1. The standard InChI is InChI=1S/C23H29N3O6/c1-4-19(23(28)24-5-2)25(14-13-17-9-7-6-8-10-17)22(27)16-32-18-11-12-20(26(29)30)21(15-18)31-3/h6-12,15,19H,4-5,13-14,16H2,1-3H3,(H,24,28). The van der Waals surface area contributed by atoms with Crippen molar-refractivity contribution in [3.63, 3.8) is 0 Å². The van der Waals surface area contributed by atoms with Crippen LogP contribution in [0.3, 0.4) is 0 Å². The molecule has 2 amide bonds. The average Bonchev–Trinajstić information content (AvgIpc) is 2.80. The summed E-state index contributed by atoms with van der Waals surface area (Å²) in [7, 11) is 1.32. The highest BCUT2D eigenvalue weighted by atomic mass is 16.6. The van der Waals surface area contributed by atoms with Crippen LogP contribution in [-0.4, -0.2) is 54.5 Å². The molecule has 1 N–H and O–H groups in total. The molecule has 2 aromatic carbocycles. The summed E-state index contributed by atoms with van der Waals surface area (Å²) in [6, 6.07) is 13.1. The molecule has 0 spiro atoms. The number of amides is 2. The van der Waals surface area contributed by atoms with Gasteiger partial charge in [-0.05, 0) is 31.4 Å². The van der Waals surface area contributed by atoms with Crippen LogP contribution in [0.1, 0.15) is 25.8 Å². The van der Waals surface area contributed by atoms with Crippen LogP contribution in [0.4, 0.5) is 5.69 Å². The number of nitrogens with one attached hydrogen (secondary N) is 1. The smallest absolute Gasteiger partial charge is 0.311 e. The molecule has 0 heterocycles. The molecule has 9 nitrogen and oxygen atoms in total. The van der Waals surface area contributed by atoms with Gasteiger partial charge < -0.3 is 19.7 Å². The number of hydrogen-bond acceptors (Lipinski definition) is 6. The molecular formula is C23H29N3O6. The number of hydrogen-bond donors (Lipinski definition) is 1. The van der Waals surface area contributed by atoms with E-state index in [1.165, 1.54) is 30.2 Å². The maximum absolute atomic E-state index is 13.1. The number of carbonyl (C=O) groups excluding carboxylic acids is 2. The van der Waals surface area contributed by atoms with Crippen molar-refractivity contribution in [3.05, 3.63) is 64.2 Å². The number of nitro benzene ring substituents is 1. The Hall–Kier alpha value is -3.62. The molecular weight excluding hydrogens is 414 g/mol. The first kappa shape index (κ1) is 24.6. The maximum atomic E-state index is 13.1. The molecule has 0 aliphatic heterocycles. The third kappa shape index (κ3) is 6.69. The van der Waals surface area contributed by atoms with Crippen LogP contribution in [0.2, 0.25) is 0 Å². The summed E-state index contributed by atoms with van der Waals surface area (Å²) in [5.41, 5.74) is 0.857. The Morgan fingerprint density at radius 1 is 1.16 bits per heavy atom. The number of rotatable bonds is 12. The predicted molar refractivity (Wildman–Crippen MR) is 120 cm³/mol. The van der Waals surface area contributed by atoms with E-state index in [-0.39, 0.29) is 35.6 Å². The van der Waals surface area contributed by atoms with Crippen molar-refractivity contribution in [2.24, 2.45) is 0 Å². The number of methoxy groups -OCH3 is 1. The predicted octanol–water partition coefficient (Wildman–Crippen LogP) is 2.97. The van der Waals surface area contributed by atoms with Gasteiger partial charge in [-0.1, -0.05) is 37.3 Å². The summed E-state index contributed by atoms with van der Waals surface area (Å²) in [5.74, 6) is -0.269. The summed E-state index contributed by atoms with van der Waals surface area (Å²) in [6.45, 7) is 4.18. The molecule has 0 aromatic heterocycles. The first-order valence-electron chi connectivity index (χ1n) is 10.5. The Balaban J connectivity index is 2.15. The summed E-state index contributed by atoms with van der Waals surface area (Å²) in [4.78, 5) is 37.6. The molecule has 0 saturated heterocycles. The van der Waals surface area contributed by atoms with Gasteiger partial charge in [-0.25, -0.2) is 0 Å². The minimum Gasteiger partial charge on any atom is -0.490 e. The van der Waals surface area contributed by atoms with Crippen LogP contribution in [0.15, 0.2) is 48.5 Å². The van der Waals surface area contributed by atoms with Crippen LogP contribution in [0.5, 0.6) is 11.5 Å². The van der Waals surface area contributed by atoms with E-state index in [0.29, 0.717) is 25.9 Å². The lowest BCUT2D eigenvalue weighted by atomic mass is 10.1. The van der Waals surface area contributed by atoms with Crippen molar-refractivity contribution in [2.75, 3.05) is 26.8 Å². The van der Waals surface area contributed by atoms with Gasteiger partial charge in [0, 0.05) is 25.2 Å². The Labute approximate surface area is 187 Å². The zero-order valence-electron chi connectivity index (χ0n) is 18.6. The minimum atomic E-state index is -0.624. The second-order valence-corrected chi connectivity index (χ2v) is 7.02. The van der Waals surface area contributed by atoms with E-state index in [1.54, 1.807) is 0 Å². The lowest BCUT2D eigenvalue weighted by Crippen LogP contribution is -2.51. The number of nitro groups is 1. The number of carbonyl (C=O) groups is 2. The fourth-order valence-corrected chi connectivity index (χ4v) is 3.31. The van der Waals surface area contributed by atoms with Crippen LogP contribution in [-0.2, 0) is 16.0 Å². The monoisotopic (exact) mass is 443 g/mol. The normalized spacial score (nSPS) is 11.3. The topological polar surface area (TPSA) is 111 Å². The SMILES string of the molecule is CCNC(=O)C(CC)N(CCc1ccccc1)C(=O)COc1ccc([N+](=O)[O-])c(OC)c1. The zero-order valence-corrected chi connectivity index (χ0v) is 18.6. The Morgan fingerprint density at radius 2 is 1.88 bits per heavy atom. The highest BCUT2D eigenvalue weighted by Gasteiger charge is 2.28. The highest BCUT2D eigenvalue weighted by molar-refractivity contribution is 5.88. The van der Waals surface area contributed by atoms with Crippen molar-refractivity contribution in [1.29, 1.82) is 0 Å². The molecule has 2 aromatic rings. The number of benzene rings is 2. The molecule has 32 heavy (non-hydrogen) atoms. The summed E-state index contributed by atoms with van der Waals surface area (Å²) >= 11 is 0. The van der Waals surface area contributed by atoms with Gasteiger partial charge in [-0.2, -0.15) is 0 Å². The van der Waals surface area contributed by atoms with E-state index in [0.717, 1.165) is 5.56 Å². The molecule has 2 rings (SSSR count). The summed E-state index contributed by atoms with van der Waals surface area (Å²) < 4.78 is 10.6. The summed E-state index contributed by atoms with van der Waals surface area (Å²) in [5, 5.41) is 13.8. The van der Waals surface area contributed by atoms with E-state index in [9.17, 15) is 19.7 Å². The Morgan fingerprint density at radius 3 is 2.47 bits per heavy atom. The van der Waals surface area contributed by atoms with E-state index in [4.69, 9.17) is 9.47 Å². The van der Waals surface area contributed by atoms with Crippen molar-refractivity contribution >= 4 is 17.5 Å². The van der Waals surface area contributed by atoms with Crippen LogP contribution in [0, 0.1) is 10.1 Å². The second-order valence-electron chi connectivity index (χ2n) is 7.02. The molecule has 0 fully saturated rings. The Bertz CT molecular complexity index is 919. The number of nitrogens with zero attached hydrogens (tertiary/aromatic N) is 2. The van der Waals surface area contributed by atoms with Crippen LogP contribution < -0.4 is 14.8 Å². The fourth-order valence-electron chi connectivity index (χ4n) is 3.31. The molecule has 9 heteroatoms. The van der Waals surface area contributed by atoms with Crippen molar-refractivity contribution in [1.82, 2.24) is 10.2 Å². The van der Waals surface area contributed by atoms with E-state index >= 15 is 0 Å². The fraction of sp³-hybridized carbons (Fsp3) is 0.391. The first-order valence-corrected chi connectivity index (χ1v) is 10.5. The lowest BCUT2D eigenvalue weighted by molar-refractivity contribution is -0.385. The van der Waals surface area contributed by atoms with Crippen molar-refractivity contribution in [3.8, 4) is 11.5 Å². The van der Waals surface area contributed by atoms with Crippen LogP contribution >= 0.6 is 0 Å². The van der Waals surface area contributed by atoms with Gasteiger partial charge >= 0.3 is 5.69 Å². The quantitative estimate of drug-likeness (QED) is 0.399. The van der Waals surface area contributed by atoms with Gasteiger partial charge in [-0.15, -0.1) is 0 Å². The third-order valence-corrected chi connectivity index (χ3v) is 4.93. The molecule has 1 unspecified atom stereocenters. The van der Waals surface area contributed by atoms with E-state index < -0.39 is 11.0 Å². The first-order chi connectivity index (χ1) is 15.4. The lowest BCUT2D eigenvalue weighted by Gasteiger charge is -2.30. The van der Waals surface area contributed by atoms with Crippen molar-refractivity contribution < 1.29 is 24.0 Å². The third-order valence-electron chi connectivity index (χ3n) is 4.93. The van der Waals surface area contributed by atoms with Crippen molar-refractivity contribution in [2.45, 2.75) is 32.7 Å². The van der Waals surface area contributed by atoms with E-state index in [2.05, 4.69) is 5.32 Å². The number of ether oxygens (including phenoxy) is 2. The Kier molecular flexibility index (Phi) is 9.46.